The van der Waals surface area contributed by atoms with E-state index < -0.39 is 18.6 Å². The zero-order valence-corrected chi connectivity index (χ0v) is 16.8. The maximum absolute atomic E-state index is 13.2. The van der Waals surface area contributed by atoms with Gasteiger partial charge < -0.3 is 15.6 Å². The second kappa shape index (κ2) is 6.77. The molecule has 7 atom stereocenters. The Morgan fingerprint density at radius 3 is 2.61 bits per heavy atom. The SMILES string of the molecule is C[C@]12CC[C@H](OC(=O)C(N)CO)CC1=CC(=O)C1C2CC[C@]2(C)C(=O)CCC12. The van der Waals surface area contributed by atoms with Gasteiger partial charge in [0.05, 0.1) is 6.61 Å². The van der Waals surface area contributed by atoms with Crippen molar-refractivity contribution in [3.8, 4) is 0 Å². The number of Topliss-reactive ketones (excluding diaryl/α,β-unsaturated/α-hetero) is 1. The van der Waals surface area contributed by atoms with Crippen molar-refractivity contribution in [1.29, 1.82) is 0 Å². The summed E-state index contributed by atoms with van der Waals surface area (Å²) in [4.78, 5) is 37.6. The number of aliphatic hydroxyl groups excluding tert-OH is 1. The average Bonchev–Trinajstić information content (AvgIpc) is 2.97. The Bertz CT molecular complexity index is 745. The molecule has 0 radical (unpaired) electrons. The van der Waals surface area contributed by atoms with Crippen LogP contribution in [0.1, 0.15) is 58.8 Å². The fourth-order valence-corrected chi connectivity index (χ4v) is 6.57. The summed E-state index contributed by atoms with van der Waals surface area (Å²) in [5, 5.41) is 9.04. The van der Waals surface area contributed by atoms with E-state index in [4.69, 9.17) is 15.6 Å². The number of nitrogens with two attached hydrogens (primary N) is 1. The first-order chi connectivity index (χ1) is 13.2. The van der Waals surface area contributed by atoms with E-state index in [2.05, 4.69) is 13.8 Å². The van der Waals surface area contributed by atoms with Gasteiger partial charge in [0.15, 0.2) is 5.78 Å². The van der Waals surface area contributed by atoms with Crippen molar-refractivity contribution < 1.29 is 24.2 Å². The molecule has 6 nitrogen and oxygen atoms in total. The Hall–Kier alpha value is -1.53. The van der Waals surface area contributed by atoms with Gasteiger partial charge in [-0.3, -0.25) is 14.4 Å². The highest BCUT2D eigenvalue weighted by Crippen LogP contribution is 2.63. The highest BCUT2D eigenvalue weighted by molar-refractivity contribution is 5.96. The quantitative estimate of drug-likeness (QED) is 0.714. The third-order valence-corrected chi connectivity index (χ3v) is 8.39. The minimum atomic E-state index is -1.02. The number of aliphatic hydroxyl groups is 1. The number of rotatable bonds is 3. The summed E-state index contributed by atoms with van der Waals surface area (Å²) >= 11 is 0. The third kappa shape index (κ3) is 2.79. The molecule has 3 fully saturated rings. The molecule has 0 aliphatic heterocycles. The molecule has 0 bridgehead atoms. The van der Waals surface area contributed by atoms with Crippen LogP contribution < -0.4 is 5.73 Å². The molecule has 4 rings (SSSR count). The van der Waals surface area contributed by atoms with Gasteiger partial charge in [-0.2, -0.15) is 0 Å². The number of ketones is 2. The number of fused-ring (bicyclic) bond motifs is 5. The van der Waals surface area contributed by atoms with Crippen molar-refractivity contribution in [2.45, 2.75) is 70.9 Å². The Morgan fingerprint density at radius 2 is 1.89 bits per heavy atom. The molecule has 4 aliphatic rings. The van der Waals surface area contributed by atoms with Gasteiger partial charge in [-0.1, -0.05) is 19.4 Å². The summed E-state index contributed by atoms with van der Waals surface area (Å²) in [5.41, 5.74) is 6.23. The number of hydrogen-bond acceptors (Lipinski definition) is 6. The van der Waals surface area contributed by atoms with Gasteiger partial charge >= 0.3 is 5.97 Å². The van der Waals surface area contributed by atoms with E-state index in [9.17, 15) is 14.4 Å². The molecule has 0 aromatic rings. The van der Waals surface area contributed by atoms with Gasteiger partial charge in [-0.25, -0.2) is 0 Å². The topological polar surface area (TPSA) is 107 Å². The molecule has 3 N–H and O–H groups in total. The van der Waals surface area contributed by atoms with E-state index >= 15 is 0 Å². The number of hydrogen-bond donors (Lipinski definition) is 2. The lowest BCUT2D eigenvalue weighted by Gasteiger charge is -2.56. The Balaban J connectivity index is 1.57. The molecule has 6 heteroatoms. The molecule has 0 saturated heterocycles. The Kier molecular flexibility index (Phi) is 4.78. The minimum absolute atomic E-state index is 0.0548. The Morgan fingerprint density at radius 1 is 1.21 bits per heavy atom. The van der Waals surface area contributed by atoms with Crippen molar-refractivity contribution in [1.82, 2.24) is 0 Å². The van der Waals surface area contributed by atoms with Crippen molar-refractivity contribution in [3.05, 3.63) is 11.6 Å². The molecule has 0 spiro atoms. The van der Waals surface area contributed by atoms with Crippen LogP contribution in [0, 0.1) is 28.6 Å². The van der Waals surface area contributed by atoms with Crippen LogP contribution in [-0.2, 0) is 19.1 Å². The van der Waals surface area contributed by atoms with Gasteiger partial charge in [0.25, 0.3) is 0 Å². The zero-order valence-electron chi connectivity index (χ0n) is 16.8. The minimum Gasteiger partial charge on any atom is -0.461 e. The second-order valence-electron chi connectivity index (χ2n) is 9.74. The summed E-state index contributed by atoms with van der Waals surface area (Å²) in [6.07, 6.45) is 6.86. The van der Waals surface area contributed by atoms with Crippen LogP contribution >= 0.6 is 0 Å². The fraction of sp³-hybridized carbons (Fsp3) is 0.773. The van der Waals surface area contributed by atoms with Crippen molar-refractivity contribution in [3.63, 3.8) is 0 Å². The molecule has 154 valence electrons. The summed E-state index contributed by atoms with van der Waals surface area (Å²) in [5.74, 6) is 0.274. The maximum atomic E-state index is 13.2. The molecule has 4 aliphatic carbocycles. The number of carbonyl (C=O) groups is 3. The van der Waals surface area contributed by atoms with Crippen LogP contribution in [0.5, 0.6) is 0 Å². The van der Waals surface area contributed by atoms with Gasteiger partial charge in [0.2, 0.25) is 0 Å². The highest BCUT2D eigenvalue weighted by atomic mass is 16.5. The van der Waals surface area contributed by atoms with Crippen molar-refractivity contribution in [2.24, 2.45) is 34.3 Å². The number of ether oxygens (including phenoxy) is 1. The maximum Gasteiger partial charge on any atom is 0.325 e. The van der Waals surface area contributed by atoms with E-state index in [0.717, 1.165) is 37.7 Å². The van der Waals surface area contributed by atoms with Crippen molar-refractivity contribution >= 4 is 17.5 Å². The molecule has 0 aromatic carbocycles. The zero-order chi connectivity index (χ0) is 20.3. The van der Waals surface area contributed by atoms with E-state index in [1.54, 1.807) is 6.08 Å². The molecular weight excluding hydrogens is 358 g/mol. The molecule has 3 saturated carbocycles. The highest BCUT2D eigenvalue weighted by Gasteiger charge is 2.61. The van der Waals surface area contributed by atoms with Crippen LogP contribution in [0.15, 0.2) is 11.6 Å². The molecular formula is C22H31NO5. The Labute approximate surface area is 165 Å². The van der Waals surface area contributed by atoms with Gasteiger partial charge in [0.1, 0.15) is 17.9 Å². The summed E-state index contributed by atoms with van der Waals surface area (Å²) in [6.45, 7) is 3.88. The second-order valence-corrected chi connectivity index (χ2v) is 9.74. The largest absolute Gasteiger partial charge is 0.461 e. The first kappa shape index (κ1) is 19.8. The van der Waals surface area contributed by atoms with Crippen LogP contribution in [0.2, 0.25) is 0 Å². The lowest BCUT2D eigenvalue weighted by Crippen LogP contribution is -2.53. The van der Waals surface area contributed by atoms with Gasteiger partial charge in [-0.15, -0.1) is 0 Å². The smallest absolute Gasteiger partial charge is 0.325 e. The average molecular weight is 389 g/mol. The standard InChI is InChI=1S/C22H31NO5/c1-21-7-5-13(28-20(27)16(23)11-24)9-12(21)10-17(25)19-14-3-4-18(26)22(14,2)8-6-15(19)21/h10,13-16,19,24H,3-9,11,23H2,1-2H3/t13-,14?,15?,16?,19?,21-,22-/m0/s1. The van der Waals surface area contributed by atoms with Crippen LogP contribution in [0.4, 0.5) is 0 Å². The van der Waals surface area contributed by atoms with Crippen molar-refractivity contribution in [2.75, 3.05) is 6.61 Å². The number of allylic oxidation sites excluding steroid dienone is 1. The monoisotopic (exact) mass is 389 g/mol. The summed E-state index contributed by atoms with van der Waals surface area (Å²) < 4.78 is 5.49. The number of esters is 1. The number of carbonyl (C=O) groups excluding carboxylic acids is 3. The first-order valence-electron chi connectivity index (χ1n) is 10.6. The van der Waals surface area contributed by atoms with E-state index in [1.165, 1.54) is 0 Å². The third-order valence-electron chi connectivity index (χ3n) is 8.39. The predicted molar refractivity (Wildman–Crippen MR) is 102 cm³/mol. The van der Waals surface area contributed by atoms with Gasteiger partial charge in [-0.05, 0) is 55.4 Å². The summed E-state index contributed by atoms with van der Waals surface area (Å²) in [7, 11) is 0. The first-order valence-corrected chi connectivity index (χ1v) is 10.6. The molecule has 4 unspecified atom stereocenters. The predicted octanol–water partition coefficient (Wildman–Crippen LogP) is 1.93. The van der Waals surface area contributed by atoms with Crippen LogP contribution in [0.3, 0.4) is 0 Å². The molecule has 0 heterocycles. The fourth-order valence-electron chi connectivity index (χ4n) is 6.57. The lowest BCUT2D eigenvalue weighted by molar-refractivity contribution is -0.154. The molecule has 0 aromatic heterocycles. The van der Waals surface area contributed by atoms with Gasteiger partial charge in [0, 0.05) is 24.2 Å². The van der Waals surface area contributed by atoms with Crippen LogP contribution in [-0.4, -0.2) is 41.4 Å². The molecule has 0 amide bonds. The van der Waals surface area contributed by atoms with E-state index in [1.807, 2.05) is 0 Å². The normalized spacial score (nSPS) is 43.5. The van der Waals surface area contributed by atoms with E-state index in [-0.39, 0.29) is 40.5 Å². The molecule has 28 heavy (non-hydrogen) atoms. The lowest BCUT2D eigenvalue weighted by atomic mass is 9.48. The van der Waals surface area contributed by atoms with E-state index in [0.29, 0.717) is 18.6 Å². The van der Waals surface area contributed by atoms with Crippen LogP contribution in [0.25, 0.3) is 0 Å². The summed E-state index contributed by atoms with van der Waals surface area (Å²) in [6, 6.07) is -1.02.